The summed E-state index contributed by atoms with van der Waals surface area (Å²) in [5.74, 6) is -0.597. The van der Waals surface area contributed by atoms with Gasteiger partial charge in [0.05, 0.1) is 27.4 Å². The molecule has 33 heavy (non-hydrogen) atoms. The van der Waals surface area contributed by atoms with Gasteiger partial charge in [-0.15, -0.1) is 0 Å². The highest BCUT2D eigenvalue weighted by molar-refractivity contribution is 9.10. The number of nitrogens with zero attached hydrogens (tertiary/aromatic N) is 4. The molecule has 0 aliphatic rings. The van der Waals surface area contributed by atoms with E-state index < -0.39 is 17.1 Å². The van der Waals surface area contributed by atoms with Crippen LogP contribution >= 0.6 is 27.5 Å². The summed E-state index contributed by atoms with van der Waals surface area (Å²) in [6, 6.07) is 9.93. The summed E-state index contributed by atoms with van der Waals surface area (Å²) in [4.78, 5) is 43.9. The Hall–Kier alpha value is -3.37. The van der Waals surface area contributed by atoms with E-state index in [0.29, 0.717) is 28.8 Å². The molecule has 0 atom stereocenters. The predicted molar refractivity (Wildman–Crippen MR) is 132 cm³/mol. The number of aromatic nitrogens is 4. The summed E-state index contributed by atoms with van der Waals surface area (Å²) < 4.78 is 4.79. The largest absolute Gasteiger partial charge is 0.493 e. The maximum Gasteiger partial charge on any atom is 0.335 e. The van der Waals surface area contributed by atoms with Gasteiger partial charge in [0.1, 0.15) is 5.56 Å². The number of aromatic amines is 1. The Morgan fingerprint density at radius 3 is 2.36 bits per heavy atom. The maximum absolute atomic E-state index is 12.6. The molecule has 170 valence electrons. The zero-order valence-corrected chi connectivity index (χ0v) is 20.0. The molecule has 0 aliphatic heterocycles. The Bertz CT molecular complexity index is 1600. The predicted octanol–water partition coefficient (Wildman–Crippen LogP) is 3.55. The number of hydrogen-bond acceptors (Lipinski definition) is 5. The maximum atomic E-state index is 12.6. The van der Waals surface area contributed by atoms with Crippen molar-refractivity contribution in [3.63, 3.8) is 0 Å². The molecule has 2 aromatic carbocycles. The summed E-state index contributed by atoms with van der Waals surface area (Å²) in [5, 5.41) is 11.0. The molecule has 0 bridgehead atoms. The molecular weight excluding hydrogens is 514 g/mol. The highest BCUT2D eigenvalue weighted by Crippen LogP contribution is 2.31. The van der Waals surface area contributed by atoms with Gasteiger partial charge >= 0.3 is 11.4 Å². The third-order valence-corrected chi connectivity index (χ3v) is 6.22. The van der Waals surface area contributed by atoms with Crippen molar-refractivity contribution in [1.82, 2.24) is 18.7 Å². The average Bonchev–Trinajstić information content (AvgIpc) is 3.03. The number of imidazole rings is 1. The molecule has 0 fully saturated rings. The average molecular weight is 533 g/mol. The van der Waals surface area contributed by atoms with E-state index in [0.717, 1.165) is 16.3 Å². The van der Waals surface area contributed by atoms with Gasteiger partial charge in [-0.3, -0.25) is 23.9 Å². The second kappa shape index (κ2) is 8.87. The van der Waals surface area contributed by atoms with Crippen LogP contribution < -0.4 is 16.9 Å². The van der Waals surface area contributed by atoms with E-state index >= 15 is 0 Å². The van der Waals surface area contributed by atoms with Gasteiger partial charge in [0.25, 0.3) is 5.56 Å². The lowest BCUT2D eigenvalue weighted by atomic mass is 10.2. The number of para-hydroxylation sites is 1. The first-order chi connectivity index (χ1) is 15.8. The number of aromatic hydroxyl groups is 1. The summed E-state index contributed by atoms with van der Waals surface area (Å²) >= 11 is 9.63. The fourth-order valence-electron chi connectivity index (χ4n) is 3.68. The number of nitrogens with one attached hydrogen (secondary N) is 1. The van der Waals surface area contributed by atoms with Crippen molar-refractivity contribution in [2.24, 2.45) is 4.99 Å². The number of aliphatic imine (C=N–C) groups is 1. The van der Waals surface area contributed by atoms with Crippen LogP contribution in [0.25, 0.3) is 16.7 Å². The van der Waals surface area contributed by atoms with Crippen LogP contribution in [0, 0.1) is 0 Å². The van der Waals surface area contributed by atoms with E-state index in [9.17, 15) is 19.5 Å². The molecule has 11 heteroatoms. The lowest BCUT2D eigenvalue weighted by molar-refractivity contribution is 0.430. The zero-order chi connectivity index (χ0) is 23.9. The van der Waals surface area contributed by atoms with Crippen LogP contribution in [-0.4, -0.2) is 30.0 Å². The lowest BCUT2D eigenvalue weighted by Crippen LogP contribution is -2.31. The van der Waals surface area contributed by atoms with Crippen LogP contribution in [0.2, 0.25) is 5.02 Å². The van der Waals surface area contributed by atoms with Crippen molar-refractivity contribution in [1.29, 1.82) is 0 Å². The molecule has 0 spiro atoms. The smallest absolute Gasteiger partial charge is 0.335 e. The van der Waals surface area contributed by atoms with Crippen molar-refractivity contribution in [2.45, 2.75) is 26.9 Å². The summed E-state index contributed by atoms with van der Waals surface area (Å²) in [7, 11) is 0. The molecule has 0 saturated heterocycles. The summed E-state index contributed by atoms with van der Waals surface area (Å²) in [6.07, 6.45) is 1.16. The third kappa shape index (κ3) is 3.85. The van der Waals surface area contributed by atoms with E-state index in [-0.39, 0.29) is 22.0 Å². The Balaban J connectivity index is 1.88. The third-order valence-electron chi connectivity index (χ3n) is 5.27. The highest BCUT2D eigenvalue weighted by atomic mass is 79.9. The molecule has 0 unspecified atom stereocenters. The first-order valence-corrected chi connectivity index (χ1v) is 11.2. The van der Waals surface area contributed by atoms with Crippen molar-refractivity contribution in [3.8, 4) is 11.6 Å². The van der Waals surface area contributed by atoms with Gasteiger partial charge in [0, 0.05) is 23.8 Å². The fraction of sp³-hybridized carbons (Fsp3) is 0.182. The van der Waals surface area contributed by atoms with Gasteiger partial charge < -0.3 is 5.11 Å². The standard InChI is InChI=1S/C22H19BrClN5O4/c1-3-27-17-9-13(23)15(10-18(17)28(4-2)22(27)33)25-11-12-19(30)26-21(32)29(20(12)31)16-8-6-5-7-14(16)24/h5-11,31H,3-4H2,1-2H3,(H,26,30,32). The minimum Gasteiger partial charge on any atom is -0.493 e. The Morgan fingerprint density at radius 1 is 1.09 bits per heavy atom. The molecule has 0 saturated carbocycles. The topological polar surface area (TPSA) is 114 Å². The fourth-order valence-corrected chi connectivity index (χ4v) is 4.33. The molecule has 2 N–H and O–H groups in total. The molecule has 2 aromatic heterocycles. The molecule has 4 aromatic rings. The monoisotopic (exact) mass is 531 g/mol. The van der Waals surface area contributed by atoms with Crippen molar-refractivity contribution < 1.29 is 5.11 Å². The second-order valence-corrected chi connectivity index (χ2v) is 8.37. The molecule has 0 amide bonds. The van der Waals surface area contributed by atoms with E-state index in [2.05, 4.69) is 25.9 Å². The quantitative estimate of drug-likeness (QED) is 0.383. The number of aryl methyl sites for hydroxylation is 2. The Labute approximate surface area is 200 Å². The van der Waals surface area contributed by atoms with Crippen LogP contribution in [-0.2, 0) is 13.1 Å². The van der Waals surface area contributed by atoms with Gasteiger partial charge in [-0.2, -0.15) is 0 Å². The van der Waals surface area contributed by atoms with Crippen LogP contribution in [0.3, 0.4) is 0 Å². The van der Waals surface area contributed by atoms with E-state index in [1.165, 1.54) is 6.07 Å². The first kappa shape index (κ1) is 22.8. The molecule has 0 radical (unpaired) electrons. The summed E-state index contributed by atoms with van der Waals surface area (Å²) in [5.41, 5.74) is 0.115. The zero-order valence-electron chi connectivity index (χ0n) is 17.7. The van der Waals surface area contributed by atoms with Gasteiger partial charge in [-0.05, 0) is 54.0 Å². The van der Waals surface area contributed by atoms with Crippen LogP contribution in [0.15, 0.2) is 60.2 Å². The SMILES string of the molecule is CCn1c(=O)n(CC)c2cc(N=Cc3c(O)n(-c4ccccc4Cl)c(=O)[nH]c3=O)c(Br)cc21. The molecule has 9 nitrogen and oxygen atoms in total. The molecule has 4 rings (SSSR count). The van der Waals surface area contributed by atoms with Crippen molar-refractivity contribution >= 4 is 50.5 Å². The molecule has 0 aliphatic carbocycles. The second-order valence-electron chi connectivity index (χ2n) is 7.11. The number of H-pyrrole nitrogens is 1. The van der Waals surface area contributed by atoms with Crippen molar-refractivity contribution in [2.75, 3.05) is 0 Å². The van der Waals surface area contributed by atoms with E-state index in [1.807, 2.05) is 13.8 Å². The van der Waals surface area contributed by atoms with Crippen molar-refractivity contribution in [3.05, 3.63) is 82.8 Å². The first-order valence-electron chi connectivity index (χ1n) is 10.1. The van der Waals surface area contributed by atoms with E-state index in [1.54, 1.807) is 39.5 Å². The Morgan fingerprint density at radius 2 is 1.73 bits per heavy atom. The minimum atomic E-state index is -0.835. The van der Waals surface area contributed by atoms with Crippen LogP contribution in [0.1, 0.15) is 19.4 Å². The number of halogens is 2. The van der Waals surface area contributed by atoms with Gasteiger partial charge in [0.15, 0.2) is 0 Å². The number of fused-ring (bicyclic) bond motifs is 1. The summed E-state index contributed by atoms with van der Waals surface area (Å²) in [6.45, 7) is 4.77. The van der Waals surface area contributed by atoms with Gasteiger partial charge in [0.2, 0.25) is 5.88 Å². The lowest BCUT2D eigenvalue weighted by Gasteiger charge is -2.11. The number of rotatable bonds is 5. The highest BCUT2D eigenvalue weighted by Gasteiger charge is 2.17. The van der Waals surface area contributed by atoms with Crippen LogP contribution in [0.5, 0.6) is 5.88 Å². The minimum absolute atomic E-state index is 0.121. The normalized spacial score (nSPS) is 11.6. The van der Waals surface area contributed by atoms with E-state index in [4.69, 9.17) is 11.6 Å². The molecule has 2 heterocycles. The number of hydrogen-bond donors (Lipinski definition) is 2. The number of benzene rings is 2. The van der Waals surface area contributed by atoms with Crippen LogP contribution in [0.4, 0.5) is 5.69 Å². The Kier molecular flexibility index (Phi) is 6.13. The van der Waals surface area contributed by atoms with Gasteiger partial charge in [-0.1, -0.05) is 23.7 Å². The van der Waals surface area contributed by atoms with Gasteiger partial charge in [-0.25, -0.2) is 14.2 Å². The molecular formula is C22H19BrClN5O4.